The number of benzene rings is 3. The van der Waals surface area contributed by atoms with Crippen LogP contribution in [0.1, 0.15) is 11.1 Å². The summed E-state index contributed by atoms with van der Waals surface area (Å²) in [5, 5.41) is 4.14. The molecule has 2 N–H and O–H groups in total. The lowest BCUT2D eigenvalue weighted by Gasteiger charge is -2.26. The number of nitrogens with one attached hydrogen (secondary N) is 2. The molecule has 4 nitrogen and oxygen atoms in total. The summed E-state index contributed by atoms with van der Waals surface area (Å²) in [6, 6.07) is 28.7. The highest BCUT2D eigenvalue weighted by Gasteiger charge is 2.13. The van der Waals surface area contributed by atoms with Crippen LogP contribution in [0, 0.1) is 0 Å². The Morgan fingerprint density at radius 2 is 1.50 bits per heavy atom. The van der Waals surface area contributed by atoms with E-state index >= 15 is 0 Å². The Balaban J connectivity index is 1.64. The second-order valence-corrected chi connectivity index (χ2v) is 7.92. The molecule has 0 aliphatic rings. The van der Waals surface area contributed by atoms with E-state index in [4.69, 9.17) is 17.0 Å². The molecule has 5 heteroatoms. The molecular formula is C25H30N3OS+. The van der Waals surface area contributed by atoms with Gasteiger partial charge in [-0.3, -0.25) is 0 Å². The molecule has 0 aromatic heterocycles. The Labute approximate surface area is 185 Å². The SMILES string of the molecule is C[NH+](C)CCNC(=S)N(Cc1ccc(OCc2ccccc2)cc1)c1ccccc1. The van der Waals surface area contributed by atoms with E-state index in [0.717, 1.165) is 35.2 Å². The summed E-state index contributed by atoms with van der Waals surface area (Å²) < 4.78 is 5.91. The van der Waals surface area contributed by atoms with Crippen LogP contribution in [0.5, 0.6) is 5.75 Å². The molecule has 0 unspecified atom stereocenters. The fraction of sp³-hybridized carbons (Fsp3) is 0.240. The average molecular weight is 421 g/mol. The summed E-state index contributed by atoms with van der Waals surface area (Å²) in [6.45, 7) is 3.12. The Morgan fingerprint density at radius 1 is 0.867 bits per heavy atom. The van der Waals surface area contributed by atoms with Gasteiger partial charge in [0.2, 0.25) is 0 Å². The molecule has 0 aliphatic carbocycles. The smallest absolute Gasteiger partial charge is 0.173 e. The number of likely N-dealkylation sites (N-methyl/N-ethyl adjacent to an activating group) is 1. The minimum absolute atomic E-state index is 0.568. The lowest BCUT2D eigenvalue weighted by molar-refractivity contribution is -0.856. The Morgan fingerprint density at radius 3 is 2.13 bits per heavy atom. The van der Waals surface area contributed by atoms with Crippen molar-refractivity contribution in [2.45, 2.75) is 13.2 Å². The first-order valence-electron chi connectivity index (χ1n) is 10.3. The van der Waals surface area contributed by atoms with E-state index in [1.54, 1.807) is 0 Å². The highest BCUT2D eigenvalue weighted by Crippen LogP contribution is 2.20. The molecule has 3 rings (SSSR count). The zero-order valence-electron chi connectivity index (χ0n) is 17.7. The van der Waals surface area contributed by atoms with Gasteiger partial charge in [-0.15, -0.1) is 0 Å². The summed E-state index contributed by atoms with van der Waals surface area (Å²) in [4.78, 5) is 3.53. The molecule has 0 heterocycles. The van der Waals surface area contributed by atoms with E-state index in [1.807, 2.05) is 48.5 Å². The Kier molecular flexibility index (Phi) is 8.24. The maximum absolute atomic E-state index is 5.91. The molecule has 0 spiro atoms. The second kappa shape index (κ2) is 11.3. The van der Waals surface area contributed by atoms with Crippen LogP contribution in [0.3, 0.4) is 0 Å². The van der Waals surface area contributed by atoms with Crippen molar-refractivity contribution < 1.29 is 9.64 Å². The Bertz CT molecular complexity index is 899. The zero-order chi connectivity index (χ0) is 21.2. The van der Waals surface area contributed by atoms with Crippen molar-refractivity contribution in [2.75, 3.05) is 32.1 Å². The van der Waals surface area contributed by atoms with E-state index in [9.17, 15) is 0 Å². The van der Waals surface area contributed by atoms with E-state index in [-0.39, 0.29) is 0 Å². The summed E-state index contributed by atoms with van der Waals surface area (Å²) in [5.74, 6) is 0.864. The Hall–Kier alpha value is -2.89. The van der Waals surface area contributed by atoms with Gasteiger partial charge in [0.1, 0.15) is 12.4 Å². The summed E-state index contributed by atoms with van der Waals surface area (Å²) >= 11 is 5.71. The number of ether oxygens (including phenoxy) is 1. The first kappa shape index (κ1) is 21.8. The third kappa shape index (κ3) is 6.87. The number of nitrogens with zero attached hydrogens (tertiary/aromatic N) is 1. The van der Waals surface area contributed by atoms with Crippen LogP contribution in [-0.4, -0.2) is 32.3 Å². The van der Waals surface area contributed by atoms with Gasteiger partial charge in [0.05, 0.1) is 33.7 Å². The van der Waals surface area contributed by atoms with Crippen LogP contribution in [0.2, 0.25) is 0 Å². The van der Waals surface area contributed by atoms with Gasteiger partial charge in [-0.25, -0.2) is 0 Å². The molecule has 0 aliphatic heterocycles. The molecule has 0 radical (unpaired) electrons. The maximum atomic E-state index is 5.91. The van der Waals surface area contributed by atoms with Crippen LogP contribution in [-0.2, 0) is 13.2 Å². The van der Waals surface area contributed by atoms with Gasteiger partial charge >= 0.3 is 0 Å². The van der Waals surface area contributed by atoms with Gasteiger partial charge in [-0.1, -0.05) is 60.7 Å². The van der Waals surface area contributed by atoms with Crippen molar-refractivity contribution in [1.82, 2.24) is 5.32 Å². The molecule has 0 bridgehead atoms. The standard InChI is InChI=1S/C25H29N3OS/c1-27(2)18-17-26-25(30)28(23-11-7-4-8-12-23)19-21-13-15-24(16-14-21)29-20-22-9-5-3-6-10-22/h3-16H,17-20H2,1-2H3,(H,26,30)/p+1. The number of hydrogen-bond donors (Lipinski definition) is 2. The number of para-hydroxylation sites is 1. The van der Waals surface area contributed by atoms with Gasteiger partial charge in [0.25, 0.3) is 0 Å². The molecule has 3 aromatic rings. The predicted octanol–water partition coefficient (Wildman–Crippen LogP) is 3.29. The fourth-order valence-corrected chi connectivity index (χ4v) is 3.29. The average Bonchev–Trinajstić information content (AvgIpc) is 2.78. The molecule has 3 aromatic carbocycles. The minimum atomic E-state index is 0.568. The van der Waals surface area contributed by atoms with Gasteiger partial charge in [0, 0.05) is 5.69 Å². The third-order valence-electron chi connectivity index (χ3n) is 4.73. The topological polar surface area (TPSA) is 28.9 Å². The van der Waals surface area contributed by atoms with Crippen molar-refractivity contribution >= 4 is 23.0 Å². The summed E-state index contributed by atoms with van der Waals surface area (Å²) in [7, 11) is 4.28. The second-order valence-electron chi connectivity index (χ2n) is 7.53. The zero-order valence-corrected chi connectivity index (χ0v) is 18.5. The van der Waals surface area contributed by atoms with Gasteiger partial charge in [-0.05, 0) is 47.6 Å². The molecule has 0 saturated heterocycles. The lowest BCUT2D eigenvalue weighted by atomic mass is 10.2. The molecule has 30 heavy (non-hydrogen) atoms. The van der Waals surface area contributed by atoms with Gasteiger partial charge < -0.3 is 19.9 Å². The van der Waals surface area contributed by atoms with Crippen LogP contribution in [0.15, 0.2) is 84.9 Å². The minimum Gasteiger partial charge on any atom is -0.489 e. The van der Waals surface area contributed by atoms with E-state index in [0.29, 0.717) is 13.2 Å². The highest BCUT2D eigenvalue weighted by molar-refractivity contribution is 7.80. The molecule has 0 amide bonds. The van der Waals surface area contributed by atoms with Gasteiger partial charge in [0.15, 0.2) is 5.11 Å². The largest absolute Gasteiger partial charge is 0.489 e. The molecular weight excluding hydrogens is 390 g/mol. The molecule has 0 fully saturated rings. The lowest BCUT2D eigenvalue weighted by Crippen LogP contribution is -3.06. The fourth-order valence-electron chi connectivity index (χ4n) is 3.02. The molecule has 0 saturated carbocycles. The predicted molar refractivity (Wildman–Crippen MR) is 128 cm³/mol. The molecule has 156 valence electrons. The van der Waals surface area contributed by atoms with Crippen LogP contribution in [0.25, 0.3) is 0 Å². The molecule has 0 atom stereocenters. The number of anilines is 1. The first-order valence-corrected chi connectivity index (χ1v) is 10.7. The third-order valence-corrected chi connectivity index (χ3v) is 5.09. The normalized spacial score (nSPS) is 10.6. The quantitative estimate of drug-likeness (QED) is 0.520. The van der Waals surface area contributed by atoms with Crippen molar-refractivity contribution in [1.29, 1.82) is 0 Å². The first-order chi connectivity index (χ1) is 14.6. The van der Waals surface area contributed by atoms with Crippen molar-refractivity contribution in [2.24, 2.45) is 0 Å². The monoisotopic (exact) mass is 420 g/mol. The number of rotatable bonds is 9. The van der Waals surface area contributed by atoms with Crippen molar-refractivity contribution in [3.63, 3.8) is 0 Å². The van der Waals surface area contributed by atoms with E-state index < -0.39 is 0 Å². The maximum Gasteiger partial charge on any atom is 0.173 e. The number of hydrogen-bond acceptors (Lipinski definition) is 2. The van der Waals surface area contributed by atoms with E-state index in [2.05, 4.69) is 60.7 Å². The highest BCUT2D eigenvalue weighted by atomic mass is 32.1. The number of quaternary nitrogens is 1. The van der Waals surface area contributed by atoms with Crippen LogP contribution >= 0.6 is 12.2 Å². The van der Waals surface area contributed by atoms with E-state index in [1.165, 1.54) is 10.5 Å². The van der Waals surface area contributed by atoms with Crippen molar-refractivity contribution in [3.8, 4) is 5.75 Å². The van der Waals surface area contributed by atoms with Crippen LogP contribution < -0.4 is 19.9 Å². The van der Waals surface area contributed by atoms with Gasteiger partial charge in [-0.2, -0.15) is 0 Å². The van der Waals surface area contributed by atoms with Crippen LogP contribution in [0.4, 0.5) is 5.69 Å². The van der Waals surface area contributed by atoms with Crippen molar-refractivity contribution in [3.05, 3.63) is 96.1 Å². The number of thiocarbonyl (C=S) groups is 1. The summed E-state index contributed by atoms with van der Waals surface area (Å²) in [5.41, 5.74) is 3.41. The summed E-state index contributed by atoms with van der Waals surface area (Å²) in [6.07, 6.45) is 0.